The Kier molecular flexibility index (Phi) is 5.78. The first-order valence-electron chi connectivity index (χ1n) is 8.02. The van der Waals surface area contributed by atoms with Crippen LogP contribution in [0.4, 0.5) is 5.69 Å². The van der Waals surface area contributed by atoms with Gasteiger partial charge in [-0.05, 0) is 42.5 Å². The fourth-order valence-electron chi connectivity index (χ4n) is 2.41. The monoisotopic (exact) mass is 403 g/mol. The summed E-state index contributed by atoms with van der Waals surface area (Å²) in [7, 11) is 0. The molecule has 0 aliphatic heterocycles. The van der Waals surface area contributed by atoms with Gasteiger partial charge in [-0.2, -0.15) is 0 Å². The molecule has 0 aliphatic carbocycles. The molecule has 3 N–H and O–H groups in total. The Hall–Kier alpha value is -2.83. The van der Waals surface area contributed by atoms with E-state index < -0.39 is 5.91 Å². The molecule has 2 aromatic carbocycles. The van der Waals surface area contributed by atoms with Crippen molar-refractivity contribution in [2.45, 2.75) is 12.8 Å². The molecule has 6 nitrogen and oxygen atoms in total. The Bertz CT molecular complexity index is 984. The Morgan fingerprint density at radius 3 is 2.52 bits per heavy atom. The number of nitrogens with one attached hydrogen (secondary N) is 1. The van der Waals surface area contributed by atoms with Gasteiger partial charge in [0.1, 0.15) is 0 Å². The number of benzene rings is 2. The van der Waals surface area contributed by atoms with Gasteiger partial charge in [-0.25, -0.2) is 4.98 Å². The highest BCUT2D eigenvalue weighted by Gasteiger charge is 2.11. The predicted octanol–water partition coefficient (Wildman–Crippen LogP) is 4.32. The van der Waals surface area contributed by atoms with Crippen LogP contribution in [-0.4, -0.2) is 16.8 Å². The first-order valence-corrected chi connectivity index (χ1v) is 8.78. The molecule has 0 saturated carbocycles. The second-order valence-electron chi connectivity index (χ2n) is 5.73. The van der Waals surface area contributed by atoms with E-state index in [2.05, 4.69) is 10.3 Å². The molecule has 0 saturated heterocycles. The molecule has 1 heterocycles. The number of carbonyl (C=O) groups is 2. The maximum absolute atomic E-state index is 12.1. The van der Waals surface area contributed by atoms with Crippen molar-refractivity contribution in [3.63, 3.8) is 0 Å². The number of carbonyl (C=O) groups excluding carboxylic acids is 2. The van der Waals surface area contributed by atoms with Crippen LogP contribution in [0, 0.1) is 0 Å². The molecule has 2 amide bonds. The van der Waals surface area contributed by atoms with Crippen LogP contribution in [0.2, 0.25) is 10.0 Å². The zero-order chi connectivity index (χ0) is 19.4. The van der Waals surface area contributed by atoms with Crippen molar-refractivity contribution in [3.05, 3.63) is 70.2 Å². The van der Waals surface area contributed by atoms with E-state index >= 15 is 0 Å². The summed E-state index contributed by atoms with van der Waals surface area (Å²) in [5, 5.41) is 3.52. The van der Waals surface area contributed by atoms with Gasteiger partial charge >= 0.3 is 0 Å². The van der Waals surface area contributed by atoms with E-state index in [1.165, 1.54) is 12.1 Å². The maximum Gasteiger partial charge on any atom is 0.250 e. The molecule has 0 bridgehead atoms. The van der Waals surface area contributed by atoms with Gasteiger partial charge in [-0.3, -0.25) is 9.59 Å². The highest BCUT2D eigenvalue weighted by atomic mass is 35.5. The minimum atomic E-state index is -0.627. The van der Waals surface area contributed by atoms with Crippen molar-refractivity contribution in [1.29, 1.82) is 0 Å². The lowest BCUT2D eigenvalue weighted by Gasteiger charge is -2.06. The van der Waals surface area contributed by atoms with Crippen molar-refractivity contribution >= 4 is 40.7 Å². The van der Waals surface area contributed by atoms with Crippen molar-refractivity contribution in [3.8, 4) is 11.3 Å². The SMILES string of the molecule is NC(=O)c1ccc(NC(=O)CCc2ncc(-c3ccc(Cl)cc3)o2)cc1Cl. The predicted molar refractivity (Wildman–Crippen MR) is 104 cm³/mol. The molecule has 3 aromatic rings. The number of oxazole rings is 1. The standard InChI is InChI=1S/C19H15Cl2N3O3/c20-12-3-1-11(2-4-12)16-10-23-18(27-16)8-7-17(25)24-13-5-6-14(19(22)26)15(21)9-13/h1-6,9-10H,7-8H2,(H2,22,26)(H,24,25). The highest BCUT2D eigenvalue weighted by molar-refractivity contribution is 6.34. The minimum Gasteiger partial charge on any atom is -0.441 e. The first-order chi connectivity index (χ1) is 12.9. The molecule has 0 fully saturated rings. The summed E-state index contributed by atoms with van der Waals surface area (Å²) in [5.41, 5.74) is 6.72. The third-order valence-corrected chi connectivity index (χ3v) is 4.33. The summed E-state index contributed by atoms with van der Waals surface area (Å²) in [4.78, 5) is 27.4. The number of hydrogen-bond acceptors (Lipinski definition) is 4. The molecule has 0 aliphatic rings. The van der Waals surface area contributed by atoms with Crippen LogP contribution in [0.25, 0.3) is 11.3 Å². The van der Waals surface area contributed by atoms with Gasteiger partial charge in [0.25, 0.3) is 0 Å². The van der Waals surface area contributed by atoms with Crippen LogP contribution < -0.4 is 11.1 Å². The number of hydrogen-bond donors (Lipinski definition) is 2. The normalized spacial score (nSPS) is 10.6. The smallest absolute Gasteiger partial charge is 0.250 e. The number of anilines is 1. The van der Waals surface area contributed by atoms with Crippen LogP contribution in [0.1, 0.15) is 22.7 Å². The lowest BCUT2D eigenvalue weighted by molar-refractivity contribution is -0.116. The fraction of sp³-hybridized carbons (Fsp3) is 0.105. The summed E-state index contributed by atoms with van der Waals surface area (Å²) in [6.45, 7) is 0. The topological polar surface area (TPSA) is 98.2 Å². The van der Waals surface area contributed by atoms with Crippen molar-refractivity contribution in [1.82, 2.24) is 4.98 Å². The lowest BCUT2D eigenvalue weighted by Crippen LogP contribution is -2.14. The molecule has 0 spiro atoms. The number of nitrogens with zero attached hydrogens (tertiary/aromatic N) is 1. The van der Waals surface area contributed by atoms with Gasteiger partial charge in [-0.1, -0.05) is 23.2 Å². The molecule has 1 aromatic heterocycles. The zero-order valence-electron chi connectivity index (χ0n) is 14.0. The van der Waals surface area contributed by atoms with Crippen LogP contribution in [0.15, 0.2) is 53.1 Å². The van der Waals surface area contributed by atoms with Crippen molar-refractivity contribution < 1.29 is 14.0 Å². The lowest BCUT2D eigenvalue weighted by atomic mass is 10.2. The number of aryl methyl sites for hydroxylation is 1. The Labute approximate surface area is 165 Å². The Morgan fingerprint density at radius 1 is 1.11 bits per heavy atom. The van der Waals surface area contributed by atoms with E-state index in [1.807, 2.05) is 12.1 Å². The number of halogens is 2. The first kappa shape index (κ1) is 18.9. The van der Waals surface area contributed by atoms with Gasteiger partial charge in [0.2, 0.25) is 11.8 Å². The molecular formula is C19H15Cl2N3O3. The molecule has 27 heavy (non-hydrogen) atoms. The van der Waals surface area contributed by atoms with E-state index in [9.17, 15) is 9.59 Å². The van der Waals surface area contributed by atoms with Crippen LogP contribution in [0.3, 0.4) is 0 Å². The van der Waals surface area contributed by atoms with E-state index in [0.717, 1.165) is 5.56 Å². The van der Waals surface area contributed by atoms with Gasteiger partial charge in [-0.15, -0.1) is 0 Å². The molecule has 0 unspecified atom stereocenters. The quantitative estimate of drug-likeness (QED) is 0.639. The van der Waals surface area contributed by atoms with E-state index in [0.29, 0.717) is 28.8 Å². The second kappa shape index (κ2) is 8.24. The molecule has 138 valence electrons. The van der Waals surface area contributed by atoms with E-state index in [1.54, 1.807) is 24.4 Å². The van der Waals surface area contributed by atoms with Gasteiger partial charge < -0.3 is 15.5 Å². The molecule has 3 rings (SSSR count). The Balaban J connectivity index is 1.57. The number of rotatable bonds is 6. The zero-order valence-corrected chi connectivity index (χ0v) is 15.6. The van der Waals surface area contributed by atoms with Crippen LogP contribution >= 0.6 is 23.2 Å². The second-order valence-corrected chi connectivity index (χ2v) is 6.58. The van der Waals surface area contributed by atoms with Crippen LogP contribution in [0.5, 0.6) is 0 Å². The summed E-state index contributed by atoms with van der Waals surface area (Å²) in [6, 6.07) is 11.7. The number of nitrogens with two attached hydrogens (primary N) is 1. The van der Waals surface area contributed by atoms with Crippen molar-refractivity contribution in [2.24, 2.45) is 5.73 Å². The number of amides is 2. The summed E-state index contributed by atoms with van der Waals surface area (Å²) < 4.78 is 5.66. The number of aromatic nitrogens is 1. The molecule has 0 atom stereocenters. The molecule has 8 heteroatoms. The van der Waals surface area contributed by atoms with Crippen molar-refractivity contribution in [2.75, 3.05) is 5.32 Å². The highest BCUT2D eigenvalue weighted by Crippen LogP contribution is 2.23. The third kappa shape index (κ3) is 4.87. The Morgan fingerprint density at radius 2 is 1.85 bits per heavy atom. The third-order valence-electron chi connectivity index (χ3n) is 3.77. The summed E-state index contributed by atoms with van der Waals surface area (Å²) >= 11 is 11.8. The minimum absolute atomic E-state index is 0.176. The maximum atomic E-state index is 12.1. The van der Waals surface area contributed by atoms with Gasteiger partial charge in [0.15, 0.2) is 11.7 Å². The van der Waals surface area contributed by atoms with Gasteiger partial charge in [0, 0.05) is 29.1 Å². The average Bonchev–Trinajstić information content (AvgIpc) is 3.09. The molecule has 0 radical (unpaired) electrons. The summed E-state index contributed by atoms with van der Waals surface area (Å²) in [5.74, 6) is 0.204. The van der Waals surface area contributed by atoms with Gasteiger partial charge in [0.05, 0.1) is 16.8 Å². The average molecular weight is 404 g/mol. The fourth-order valence-corrected chi connectivity index (χ4v) is 2.81. The van der Waals surface area contributed by atoms with Crippen LogP contribution in [-0.2, 0) is 11.2 Å². The summed E-state index contributed by atoms with van der Waals surface area (Å²) in [6.07, 6.45) is 2.13. The largest absolute Gasteiger partial charge is 0.441 e. The molecular weight excluding hydrogens is 389 g/mol. The van der Waals surface area contributed by atoms with E-state index in [4.69, 9.17) is 33.4 Å². The number of primary amides is 1. The van der Waals surface area contributed by atoms with E-state index in [-0.39, 0.29) is 22.9 Å².